The lowest BCUT2D eigenvalue weighted by atomic mass is 9.84. The molecule has 1 atom stereocenters. The first kappa shape index (κ1) is 16.3. The monoisotopic (exact) mass is 291 g/mol. The highest BCUT2D eigenvalue weighted by atomic mass is 14.3. The minimum Gasteiger partial charge on any atom is -0.198 e. The van der Waals surface area contributed by atoms with Crippen molar-refractivity contribution in [1.29, 1.82) is 5.26 Å². The first-order valence-electron chi connectivity index (χ1n) is 7.87. The summed E-state index contributed by atoms with van der Waals surface area (Å²) in [7, 11) is 0. The van der Waals surface area contributed by atoms with Crippen molar-refractivity contribution in [3.8, 4) is 6.07 Å². The summed E-state index contributed by atoms with van der Waals surface area (Å²) in [5.41, 5.74) is 10.1. The van der Waals surface area contributed by atoms with E-state index in [1.165, 1.54) is 44.5 Å². The van der Waals surface area contributed by atoms with E-state index in [0.29, 0.717) is 0 Å². The molecule has 0 amide bonds. The van der Waals surface area contributed by atoms with Gasteiger partial charge in [0.25, 0.3) is 0 Å². The third-order valence-corrected chi connectivity index (χ3v) is 4.49. The molecular weight excluding hydrogens is 266 g/mol. The number of benzene rings is 2. The van der Waals surface area contributed by atoms with Gasteiger partial charge in [-0.25, -0.2) is 0 Å². The summed E-state index contributed by atoms with van der Waals surface area (Å²) in [5.74, 6) is -0.0827. The summed E-state index contributed by atoms with van der Waals surface area (Å²) in [6.07, 6.45) is 0.791. The van der Waals surface area contributed by atoms with E-state index >= 15 is 0 Å². The Hall–Kier alpha value is -2.07. The molecular formula is C21H25N. The van der Waals surface area contributed by atoms with Gasteiger partial charge in [0.15, 0.2) is 0 Å². The summed E-state index contributed by atoms with van der Waals surface area (Å²) < 4.78 is 0. The van der Waals surface area contributed by atoms with E-state index in [4.69, 9.17) is 0 Å². The number of aryl methyl sites for hydroxylation is 6. The highest BCUT2D eigenvalue weighted by Crippen LogP contribution is 2.30. The highest BCUT2D eigenvalue weighted by Gasteiger charge is 2.18. The van der Waals surface area contributed by atoms with Gasteiger partial charge in [0.05, 0.1) is 12.0 Å². The van der Waals surface area contributed by atoms with Crippen LogP contribution in [0.2, 0.25) is 0 Å². The SMILES string of the molecule is Cc1cc(C)c(CC(C#N)c2c(C)cc(C)cc2C)c(C)c1. The third-order valence-electron chi connectivity index (χ3n) is 4.49. The van der Waals surface area contributed by atoms with Gasteiger partial charge in [0, 0.05) is 0 Å². The van der Waals surface area contributed by atoms with E-state index in [0.717, 1.165) is 6.42 Å². The fourth-order valence-electron chi connectivity index (χ4n) is 3.69. The largest absolute Gasteiger partial charge is 0.198 e. The van der Waals surface area contributed by atoms with Gasteiger partial charge < -0.3 is 0 Å². The van der Waals surface area contributed by atoms with Crippen molar-refractivity contribution < 1.29 is 0 Å². The Morgan fingerprint density at radius 3 is 1.59 bits per heavy atom. The molecule has 1 nitrogen and oxygen atoms in total. The maximum Gasteiger partial charge on any atom is 0.0758 e. The maximum absolute atomic E-state index is 9.75. The number of hydrogen-bond donors (Lipinski definition) is 0. The maximum atomic E-state index is 9.75. The first-order chi connectivity index (χ1) is 10.3. The van der Waals surface area contributed by atoms with Crippen LogP contribution in [0.5, 0.6) is 0 Å². The molecule has 0 saturated heterocycles. The Morgan fingerprint density at radius 2 is 1.18 bits per heavy atom. The second-order valence-corrected chi connectivity index (χ2v) is 6.58. The Balaban J connectivity index is 2.46. The zero-order valence-electron chi connectivity index (χ0n) is 14.5. The highest BCUT2D eigenvalue weighted by molar-refractivity contribution is 5.45. The lowest BCUT2D eigenvalue weighted by molar-refractivity contribution is 0.820. The van der Waals surface area contributed by atoms with Crippen LogP contribution in [-0.4, -0.2) is 0 Å². The molecule has 22 heavy (non-hydrogen) atoms. The van der Waals surface area contributed by atoms with Crippen LogP contribution in [0.1, 0.15) is 50.4 Å². The topological polar surface area (TPSA) is 23.8 Å². The van der Waals surface area contributed by atoms with Crippen molar-refractivity contribution in [2.75, 3.05) is 0 Å². The smallest absolute Gasteiger partial charge is 0.0758 e. The van der Waals surface area contributed by atoms with Gasteiger partial charge in [-0.2, -0.15) is 5.26 Å². The van der Waals surface area contributed by atoms with Crippen LogP contribution in [0.25, 0.3) is 0 Å². The third kappa shape index (κ3) is 3.22. The molecule has 0 N–H and O–H groups in total. The van der Waals surface area contributed by atoms with Gasteiger partial charge in [-0.05, 0) is 81.3 Å². The van der Waals surface area contributed by atoms with Gasteiger partial charge in [-0.15, -0.1) is 0 Å². The minimum absolute atomic E-state index is 0.0827. The molecule has 0 bridgehead atoms. The number of nitriles is 1. The number of rotatable bonds is 3. The second kappa shape index (κ2) is 6.36. The van der Waals surface area contributed by atoms with Gasteiger partial charge in [-0.1, -0.05) is 35.4 Å². The number of nitrogens with zero attached hydrogens (tertiary/aromatic N) is 1. The summed E-state index contributed by atoms with van der Waals surface area (Å²) in [5, 5.41) is 9.75. The quantitative estimate of drug-likeness (QED) is 0.744. The summed E-state index contributed by atoms with van der Waals surface area (Å²) in [6.45, 7) is 12.8. The average Bonchev–Trinajstić information content (AvgIpc) is 2.39. The van der Waals surface area contributed by atoms with Crippen molar-refractivity contribution in [2.24, 2.45) is 0 Å². The molecule has 114 valence electrons. The predicted octanol–water partition coefficient (Wildman–Crippen LogP) is 5.39. The van der Waals surface area contributed by atoms with Crippen LogP contribution in [0, 0.1) is 52.9 Å². The average molecular weight is 291 g/mol. The molecule has 1 heteroatoms. The molecule has 0 radical (unpaired) electrons. The molecule has 2 rings (SSSR count). The lowest BCUT2D eigenvalue weighted by Crippen LogP contribution is -2.08. The first-order valence-corrected chi connectivity index (χ1v) is 7.87. The van der Waals surface area contributed by atoms with Gasteiger partial charge in [-0.3, -0.25) is 0 Å². The van der Waals surface area contributed by atoms with Crippen LogP contribution >= 0.6 is 0 Å². The molecule has 0 aromatic heterocycles. The van der Waals surface area contributed by atoms with Crippen molar-refractivity contribution in [1.82, 2.24) is 0 Å². The summed E-state index contributed by atoms with van der Waals surface area (Å²) in [4.78, 5) is 0. The van der Waals surface area contributed by atoms with Crippen LogP contribution < -0.4 is 0 Å². The van der Waals surface area contributed by atoms with Crippen molar-refractivity contribution in [3.63, 3.8) is 0 Å². The normalized spacial score (nSPS) is 12.0. The Bertz CT molecular complexity index is 701. The zero-order valence-corrected chi connectivity index (χ0v) is 14.5. The molecule has 0 aliphatic heterocycles. The predicted molar refractivity (Wildman–Crippen MR) is 93.4 cm³/mol. The van der Waals surface area contributed by atoms with Crippen molar-refractivity contribution >= 4 is 0 Å². The molecule has 0 saturated carbocycles. The van der Waals surface area contributed by atoms with Gasteiger partial charge >= 0.3 is 0 Å². The van der Waals surface area contributed by atoms with Crippen molar-refractivity contribution in [2.45, 2.75) is 53.9 Å². The van der Waals surface area contributed by atoms with Crippen molar-refractivity contribution in [3.05, 3.63) is 68.8 Å². The van der Waals surface area contributed by atoms with E-state index in [1.807, 2.05) is 0 Å². The van der Waals surface area contributed by atoms with E-state index in [2.05, 4.69) is 71.9 Å². The van der Waals surface area contributed by atoms with Gasteiger partial charge in [0.2, 0.25) is 0 Å². The van der Waals surface area contributed by atoms with E-state index in [1.54, 1.807) is 0 Å². The fraction of sp³-hybridized carbons (Fsp3) is 0.381. The fourth-order valence-corrected chi connectivity index (χ4v) is 3.69. The molecule has 2 aromatic rings. The summed E-state index contributed by atoms with van der Waals surface area (Å²) in [6, 6.07) is 11.3. The van der Waals surface area contributed by atoms with Crippen LogP contribution in [-0.2, 0) is 6.42 Å². The molecule has 0 heterocycles. The standard InChI is InChI=1S/C21H25N/c1-13-7-15(3)20(16(4)8-13)11-19(12-22)21-17(5)9-14(2)10-18(21)6/h7-10,19H,11H2,1-6H3. The van der Waals surface area contributed by atoms with Crippen LogP contribution in [0.15, 0.2) is 24.3 Å². The Kier molecular flexibility index (Phi) is 4.71. The second-order valence-electron chi connectivity index (χ2n) is 6.58. The molecule has 0 fully saturated rings. The van der Waals surface area contributed by atoms with Crippen LogP contribution in [0.4, 0.5) is 0 Å². The van der Waals surface area contributed by atoms with E-state index in [-0.39, 0.29) is 5.92 Å². The minimum atomic E-state index is -0.0827. The zero-order chi connectivity index (χ0) is 16.4. The molecule has 0 aliphatic rings. The number of hydrogen-bond acceptors (Lipinski definition) is 1. The lowest BCUT2D eigenvalue weighted by Gasteiger charge is -2.19. The molecule has 2 aromatic carbocycles. The Labute approximate surface area is 134 Å². The molecule has 0 spiro atoms. The Morgan fingerprint density at radius 1 is 0.773 bits per heavy atom. The van der Waals surface area contributed by atoms with E-state index < -0.39 is 0 Å². The van der Waals surface area contributed by atoms with Gasteiger partial charge in [0.1, 0.15) is 0 Å². The van der Waals surface area contributed by atoms with E-state index in [9.17, 15) is 5.26 Å². The molecule has 0 aliphatic carbocycles. The van der Waals surface area contributed by atoms with Crippen LogP contribution in [0.3, 0.4) is 0 Å². The molecule has 1 unspecified atom stereocenters. The summed E-state index contributed by atoms with van der Waals surface area (Å²) >= 11 is 0.